The molecule has 0 aliphatic carbocycles. The Kier molecular flexibility index (Phi) is 10.3. The summed E-state index contributed by atoms with van der Waals surface area (Å²) in [7, 11) is 2.13. The number of likely N-dealkylation sites (tertiary alicyclic amines) is 3. The summed E-state index contributed by atoms with van der Waals surface area (Å²) in [6.45, 7) is 3.92. The van der Waals surface area contributed by atoms with Gasteiger partial charge in [0.25, 0.3) is 0 Å². The Labute approximate surface area is 304 Å². The highest BCUT2D eigenvalue weighted by atomic mass is 35.5. The molecular formula is C38H44ClF3N6O4. The number of aromatic nitrogens is 3. The number of amides is 2. The third-order valence-corrected chi connectivity index (χ3v) is 11.9. The highest BCUT2D eigenvalue weighted by Crippen LogP contribution is 2.41. The van der Waals surface area contributed by atoms with E-state index in [0.717, 1.165) is 55.7 Å². The number of halogens is 4. The number of aromatic amines is 1. The molecule has 5 heterocycles. The number of aromatic hydroxyl groups is 1. The van der Waals surface area contributed by atoms with Crippen LogP contribution in [0.2, 0.25) is 5.02 Å². The molecule has 52 heavy (non-hydrogen) atoms. The van der Waals surface area contributed by atoms with Crippen LogP contribution < -0.4 is 5.69 Å². The van der Waals surface area contributed by atoms with E-state index in [1.54, 1.807) is 20.6 Å². The number of nitrogens with one attached hydrogen (secondary N) is 1. The average Bonchev–Trinajstić information content (AvgIpc) is 3.48. The minimum atomic E-state index is -4.85. The summed E-state index contributed by atoms with van der Waals surface area (Å²) in [4.78, 5) is 54.5. The van der Waals surface area contributed by atoms with Crippen molar-refractivity contribution in [3.8, 4) is 5.75 Å². The lowest BCUT2D eigenvalue weighted by molar-refractivity contribution is -0.143. The second-order valence-corrected chi connectivity index (χ2v) is 15.2. The van der Waals surface area contributed by atoms with Crippen LogP contribution in [0.3, 0.4) is 0 Å². The molecule has 2 N–H and O–H groups in total. The van der Waals surface area contributed by atoms with Gasteiger partial charge in [-0.15, -0.1) is 0 Å². The van der Waals surface area contributed by atoms with Gasteiger partial charge in [-0.05, 0) is 101 Å². The molecule has 1 atom stereocenters. The molecule has 0 spiro atoms. The van der Waals surface area contributed by atoms with E-state index in [0.29, 0.717) is 61.9 Å². The fourth-order valence-electron chi connectivity index (χ4n) is 8.67. The third kappa shape index (κ3) is 7.39. The molecule has 7 rings (SSSR count). The molecule has 3 aliphatic heterocycles. The molecule has 14 heteroatoms. The lowest BCUT2D eigenvalue weighted by Crippen LogP contribution is -2.46. The predicted octanol–water partition coefficient (Wildman–Crippen LogP) is 6.25. The molecule has 4 aromatic rings. The van der Waals surface area contributed by atoms with Gasteiger partial charge in [0.1, 0.15) is 5.75 Å². The van der Waals surface area contributed by atoms with Crippen molar-refractivity contribution in [1.82, 2.24) is 29.2 Å². The summed E-state index contributed by atoms with van der Waals surface area (Å²) in [5.74, 6) is -1.37. The van der Waals surface area contributed by atoms with Gasteiger partial charge < -0.3 is 24.8 Å². The number of hydrogen-bond acceptors (Lipinski definition) is 6. The molecule has 3 aliphatic rings. The standard InChI is InChI=1S/C38H44ClF3N6O4/c1-45-12-6-24(7-13-45)25-8-14-47(15-9-25)36(51)26(18-23-19-29(38(40,41)42)35(50)30(39)20-23)21-33(49)46-16-10-27(11-17-46)48-32-22-43-31-5-3-2-4-28(31)34(32)44-37(48)52/h2-5,19-20,22,24-27,50H,6-18,21H2,1H3,(H,44,52)/t26-/m0/s1. The first-order valence-electron chi connectivity index (χ1n) is 18.2. The Hall–Kier alpha value is -4.10. The number of piperidine rings is 3. The predicted molar refractivity (Wildman–Crippen MR) is 192 cm³/mol. The van der Waals surface area contributed by atoms with E-state index >= 15 is 0 Å². The van der Waals surface area contributed by atoms with Crippen LogP contribution in [0.5, 0.6) is 5.75 Å². The zero-order valence-corrected chi connectivity index (χ0v) is 29.9. The average molecular weight is 741 g/mol. The first-order chi connectivity index (χ1) is 24.9. The highest BCUT2D eigenvalue weighted by Gasteiger charge is 2.38. The van der Waals surface area contributed by atoms with E-state index in [1.165, 1.54) is 6.07 Å². The molecule has 3 fully saturated rings. The summed E-state index contributed by atoms with van der Waals surface area (Å²) in [6.07, 6.45) is 1.53. The van der Waals surface area contributed by atoms with Crippen LogP contribution in [0.15, 0.2) is 47.4 Å². The number of para-hydroxylation sites is 1. The van der Waals surface area contributed by atoms with Gasteiger partial charge in [-0.3, -0.25) is 19.1 Å². The van der Waals surface area contributed by atoms with Crippen molar-refractivity contribution in [2.45, 2.75) is 63.6 Å². The van der Waals surface area contributed by atoms with Gasteiger partial charge in [-0.1, -0.05) is 29.8 Å². The van der Waals surface area contributed by atoms with Crippen molar-refractivity contribution < 1.29 is 27.9 Å². The molecule has 3 saturated heterocycles. The Balaban J connectivity index is 1.06. The highest BCUT2D eigenvalue weighted by molar-refractivity contribution is 6.32. The molecular weight excluding hydrogens is 697 g/mol. The van der Waals surface area contributed by atoms with Crippen LogP contribution in [0.25, 0.3) is 21.9 Å². The van der Waals surface area contributed by atoms with Crippen molar-refractivity contribution in [3.05, 3.63) is 69.2 Å². The summed E-state index contributed by atoms with van der Waals surface area (Å²) >= 11 is 6.04. The number of imidazole rings is 1. The van der Waals surface area contributed by atoms with Gasteiger partial charge >= 0.3 is 11.9 Å². The zero-order valence-electron chi connectivity index (χ0n) is 29.2. The molecule has 0 unspecified atom stereocenters. The summed E-state index contributed by atoms with van der Waals surface area (Å²) in [6, 6.07) is 9.47. The lowest BCUT2D eigenvalue weighted by Gasteiger charge is -2.40. The topological polar surface area (TPSA) is 115 Å². The second-order valence-electron chi connectivity index (χ2n) is 14.8. The van der Waals surface area contributed by atoms with E-state index in [1.807, 2.05) is 24.3 Å². The molecule has 2 amide bonds. The van der Waals surface area contributed by atoms with Crippen LogP contribution >= 0.6 is 11.6 Å². The van der Waals surface area contributed by atoms with Gasteiger partial charge in [-0.2, -0.15) is 13.2 Å². The smallest absolute Gasteiger partial charge is 0.420 e. The van der Waals surface area contributed by atoms with Crippen LogP contribution in [-0.2, 0) is 22.2 Å². The lowest BCUT2D eigenvalue weighted by atomic mass is 9.78. The van der Waals surface area contributed by atoms with E-state index in [2.05, 4.69) is 21.9 Å². The quantitative estimate of drug-likeness (QED) is 0.232. The second kappa shape index (κ2) is 14.7. The van der Waals surface area contributed by atoms with Crippen molar-refractivity contribution in [3.63, 3.8) is 0 Å². The van der Waals surface area contributed by atoms with Crippen LogP contribution in [0.1, 0.15) is 62.1 Å². The maximum absolute atomic E-state index is 14.1. The van der Waals surface area contributed by atoms with Gasteiger partial charge in [0, 0.05) is 44.0 Å². The van der Waals surface area contributed by atoms with E-state index in [9.17, 15) is 32.7 Å². The fraction of sp³-hybridized carbons (Fsp3) is 0.526. The molecule has 278 valence electrons. The minimum absolute atomic E-state index is 0.126. The Morgan fingerprint density at radius 1 is 0.962 bits per heavy atom. The summed E-state index contributed by atoms with van der Waals surface area (Å²) in [5, 5.41) is 10.5. The molecule has 0 saturated carbocycles. The van der Waals surface area contributed by atoms with Crippen LogP contribution in [-0.4, -0.2) is 92.5 Å². The SMILES string of the molecule is CN1CCC(C2CCN(C(=O)[C@H](CC(=O)N3CCC(n4c(=O)[nH]c5c6ccccc6ncc54)CC3)Cc3cc(Cl)c(O)c(C(F)(F)F)c3)CC2)CC1. The largest absolute Gasteiger partial charge is 0.506 e. The Morgan fingerprint density at radius 2 is 1.60 bits per heavy atom. The molecule has 10 nitrogen and oxygen atoms in total. The van der Waals surface area contributed by atoms with E-state index in [4.69, 9.17) is 11.6 Å². The fourth-order valence-corrected chi connectivity index (χ4v) is 8.91. The monoisotopic (exact) mass is 740 g/mol. The van der Waals surface area contributed by atoms with Gasteiger partial charge in [0.15, 0.2) is 0 Å². The number of benzene rings is 2. The first-order valence-corrected chi connectivity index (χ1v) is 18.6. The molecule has 2 aromatic heterocycles. The third-order valence-electron chi connectivity index (χ3n) is 11.6. The number of pyridine rings is 1. The summed E-state index contributed by atoms with van der Waals surface area (Å²) in [5.41, 5.74) is 0.802. The van der Waals surface area contributed by atoms with Gasteiger partial charge in [-0.25, -0.2) is 4.79 Å². The maximum atomic E-state index is 14.1. The summed E-state index contributed by atoms with van der Waals surface area (Å²) < 4.78 is 43.1. The minimum Gasteiger partial charge on any atom is -0.506 e. The molecule has 0 radical (unpaired) electrons. The number of phenols is 1. The van der Waals surface area contributed by atoms with E-state index in [-0.39, 0.29) is 42.0 Å². The normalized spacial score (nSPS) is 19.5. The van der Waals surface area contributed by atoms with Crippen molar-refractivity contribution >= 4 is 45.4 Å². The zero-order chi connectivity index (χ0) is 36.7. The van der Waals surface area contributed by atoms with Crippen LogP contribution in [0, 0.1) is 17.8 Å². The number of nitrogens with zero attached hydrogens (tertiary/aromatic N) is 5. The van der Waals surface area contributed by atoms with Crippen molar-refractivity contribution in [2.75, 3.05) is 46.3 Å². The first kappa shape index (κ1) is 36.3. The molecule has 0 bridgehead atoms. The number of alkyl halides is 3. The van der Waals surface area contributed by atoms with Gasteiger partial charge in [0.05, 0.1) is 39.3 Å². The Bertz CT molecular complexity index is 2010. The maximum Gasteiger partial charge on any atom is 0.420 e. The number of phenolic OH excluding ortho intramolecular Hbond substituents is 1. The number of carbonyl (C=O) groups excluding carboxylic acids is 2. The number of H-pyrrole nitrogens is 1. The van der Waals surface area contributed by atoms with Crippen molar-refractivity contribution in [1.29, 1.82) is 0 Å². The van der Waals surface area contributed by atoms with Crippen molar-refractivity contribution in [2.24, 2.45) is 17.8 Å². The Morgan fingerprint density at radius 3 is 2.27 bits per heavy atom. The number of rotatable bonds is 7. The number of carbonyl (C=O) groups is 2. The number of fused-ring (bicyclic) bond motifs is 3. The van der Waals surface area contributed by atoms with E-state index < -0.39 is 28.4 Å². The molecule has 2 aromatic carbocycles. The van der Waals surface area contributed by atoms with Gasteiger partial charge in [0.2, 0.25) is 11.8 Å². The number of hydrogen-bond donors (Lipinski definition) is 2. The van der Waals surface area contributed by atoms with Crippen LogP contribution in [0.4, 0.5) is 13.2 Å².